The molecule has 3 nitrogen and oxygen atoms in total. The largest absolute Gasteiger partial charge is 0.396 e. The molecule has 1 saturated heterocycles. The van der Waals surface area contributed by atoms with Crippen LogP contribution in [0.2, 0.25) is 0 Å². The van der Waals surface area contributed by atoms with Gasteiger partial charge in [0.15, 0.2) is 0 Å². The molecule has 1 heterocycles. The second-order valence-corrected chi connectivity index (χ2v) is 3.93. The van der Waals surface area contributed by atoms with E-state index < -0.39 is 0 Å². The Labute approximate surface area is 72.2 Å². The number of rotatable bonds is 1. The summed E-state index contributed by atoms with van der Waals surface area (Å²) in [5.41, 5.74) is 0.618. The Morgan fingerprint density at radius 1 is 1.58 bits per heavy atom. The topological polar surface area (TPSA) is 53.3 Å². The van der Waals surface area contributed by atoms with Gasteiger partial charge < -0.3 is 15.3 Å². The van der Waals surface area contributed by atoms with E-state index in [0.717, 1.165) is 19.3 Å². The summed E-state index contributed by atoms with van der Waals surface area (Å²) >= 11 is 0. The fourth-order valence-electron chi connectivity index (χ4n) is 2.07. The van der Waals surface area contributed by atoms with Crippen molar-refractivity contribution in [2.45, 2.75) is 31.3 Å². The van der Waals surface area contributed by atoms with Crippen LogP contribution in [-0.4, -0.2) is 29.6 Å². The molecule has 2 N–H and O–H groups in total. The Morgan fingerprint density at radius 2 is 2.33 bits per heavy atom. The van der Waals surface area contributed by atoms with Crippen LogP contribution in [0.25, 0.3) is 0 Å². The van der Waals surface area contributed by atoms with Gasteiger partial charge in [0.25, 0.3) is 0 Å². The van der Waals surface area contributed by atoms with Crippen LogP contribution in [0.5, 0.6) is 0 Å². The monoisotopic (exact) mass is 169 g/mol. The fraction of sp³-hybridized carbons (Fsp3) is 0.889. The van der Waals surface area contributed by atoms with Crippen molar-refractivity contribution in [2.75, 3.05) is 13.2 Å². The van der Waals surface area contributed by atoms with E-state index in [0.29, 0.717) is 12.3 Å². The molecule has 12 heavy (non-hydrogen) atoms. The summed E-state index contributed by atoms with van der Waals surface area (Å²) in [6.45, 7) is 0.551. The molecule has 1 aliphatic carbocycles. The Hall–Kier alpha value is -0.410. The predicted octanol–water partition coefficient (Wildman–Crippen LogP) is 0.958. The minimum Gasteiger partial charge on any atom is -0.396 e. The molecule has 68 valence electrons. The molecular formula is C9H15NO2. The molecule has 0 radical (unpaired) electrons. The van der Waals surface area contributed by atoms with Crippen molar-refractivity contribution in [3.05, 3.63) is 0 Å². The first-order valence-corrected chi connectivity index (χ1v) is 4.58. The van der Waals surface area contributed by atoms with Crippen molar-refractivity contribution in [3.63, 3.8) is 0 Å². The first-order valence-electron chi connectivity index (χ1n) is 4.58. The number of hydrogen-bond acceptors (Lipinski definition) is 3. The summed E-state index contributed by atoms with van der Waals surface area (Å²) in [5.74, 6) is 0.0686. The summed E-state index contributed by atoms with van der Waals surface area (Å²) in [7, 11) is 0. The molecule has 1 aliphatic heterocycles. The molecule has 0 aromatic carbocycles. The third-order valence-corrected chi connectivity index (χ3v) is 3.13. The van der Waals surface area contributed by atoms with Gasteiger partial charge in [0.05, 0.1) is 18.8 Å². The average Bonchev–Trinajstić information content (AvgIpc) is 2.03. The van der Waals surface area contributed by atoms with Crippen molar-refractivity contribution >= 4 is 5.71 Å². The van der Waals surface area contributed by atoms with Gasteiger partial charge in [-0.05, 0) is 25.7 Å². The Kier molecular flexibility index (Phi) is 1.93. The first-order chi connectivity index (χ1) is 5.76. The minimum absolute atomic E-state index is 0.0535. The molecule has 0 aromatic heterocycles. The third kappa shape index (κ3) is 1.17. The van der Waals surface area contributed by atoms with E-state index in [2.05, 4.69) is 0 Å². The van der Waals surface area contributed by atoms with E-state index in [4.69, 9.17) is 15.3 Å². The van der Waals surface area contributed by atoms with Gasteiger partial charge in [-0.3, -0.25) is 0 Å². The smallest absolute Gasteiger partial charge is 0.0852 e. The number of aliphatic hydroxyl groups is 1. The van der Waals surface area contributed by atoms with Crippen LogP contribution >= 0.6 is 0 Å². The number of ether oxygens (including phenoxy) is 1. The highest BCUT2D eigenvalue weighted by molar-refractivity contribution is 5.85. The molecule has 0 aromatic rings. The molecule has 0 bridgehead atoms. The lowest BCUT2D eigenvalue weighted by atomic mass is 9.72. The quantitative estimate of drug-likeness (QED) is 0.614. The number of hydrogen-bond donors (Lipinski definition) is 2. The molecule has 2 rings (SSSR count). The first kappa shape index (κ1) is 8.20. The lowest BCUT2D eigenvalue weighted by Gasteiger charge is -2.47. The lowest BCUT2D eigenvalue weighted by molar-refractivity contribution is -0.112. The second-order valence-electron chi connectivity index (χ2n) is 3.93. The van der Waals surface area contributed by atoms with Gasteiger partial charge in [-0.25, -0.2) is 0 Å². The summed E-state index contributed by atoms with van der Waals surface area (Å²) in [4.78, 5) is 0. The van der Waals surface area contributed by atoms with E-state index in [9.17, 15) is 0 Å². The van der Waals surface area contributed by atoms with Crippen LogP contribution in [0, 0.1) is 11.3 Å². The van der Waals surface area contributed by atoms with Crippen LogP contribution < -0.4 is 0 Å². The van der Waals surface area contributed by atoms with Gasteiger partial charge in [0, 0.05) is 11.6 Å². The summed E-state index contributed by atoms with van der Waals surface area (Å²) in [6, 6.07) is 0. The van der Waals surface area contributed by atoms with E-state index in [1.54, 1.807) is 0 Å². The van der Waals surface area contributed by atoms with E-state index in [1.807, 2.05) is 0 Å². The standard InChI is InChI=1S/C9H15NO2/c10-8-6-12-9(2-1-3-9)4-7(8)5-11/h7,10-11H,1-6H2. The van der Waals surface area contributed by atoms with Crippen LogP contribution in [0.4, 0.5) is 0 Å². The Bertz CT molecular complexity index is 199. The molecule has 2 fully saturated rings. The van der Waals surface area contributed by atoms with Crippen molar-refractivity contribution in [3.8, 4) is 0 Å². The van der Waals surface area contributed by atoms with E-state index >= 15 is 0 Å². The van der Waals surface area contributed by atoms with E-state index in [-0.39, 0.29) is 18.1 Å². The SMILES string of the molecule is N=C1COC2(CCC2)CC1CO. The maximum absolute atomic E-state index is 9.02. The highest BCUT2D eigenvalue weighted by Gasteiger charge is 2.43. The Morgan fingerprint density at radius 3 is 2.83 bits per heavy atom. The van der Waals surface area contributed by atoms with Gasteiger partial charge >= 0.3 is 0 Å². The van der Waals surface area contributed by atoms with Crippen molar-refractivity contribution < 1.29 is 9.84 Å². The highest BCUT2D eigenvalue weighted by atomic mass is 16.5. The highest BCUT2D eigenvalue weighted by Crippen LogP contribution is 2.43. The summed E-state index contributed by atoms with van der Waals surface area (Å²) in [6.07, 6.45) is 4.35. The molecule has 2 aliphatic rings. The summed E-state index contributed by atoms with van der Waals surface area (Å²) in [5, 5.41) is 16.6. The van der Waals surface area contributed by atoms with Gasteiger partial charge in [-0.1, -0.05) is 0 Å². The normalized spacial score (nSPS) is 33.4. The van der Waals surface area contributed by atoms with E-state index in [1.165, 1.54) is 6.42 Å². The molecule has 1 saturated carbocycles. The second kappa shape index (κ2) is 2.82. The third-order valence-electron chi connectivity index (χ3n) is 3.13. The molecule has 1 spiro atoms. The lowest BCUT2D eigenvalue weighted by Crippen LogP contribution is -2.49. The Balaban J connectivity index is 2.01. The van der Waals surface area contributed by atoms with Crippen molar-refractivity contribution in [1.82, 2.24) is 0 Å². The number of aliphatic hydroxyl groups excluding tert-OH is 1. The summed E-state index contributed by atoms with van der Waals surface area (Å²) < 4.78 is 5.61. The molecule has 1 atom stereocenters. The maximum Gasteiger partial charge on any atom is 0.0852 e. The molecule has 3 heteroatoms. The van der Waals surface area contributed by atoms with Gasteiger partial charge in [0.2, 0.25) is 0 Å². The van der Waals surface area contributed by atoms with Crippen molar-refractivity contribution in [1.29, 1.82) is 5.41 Å². The maximum atomic E-state index is 9.02. The predicted molar refractivity (Wildman–Crippen MR) is 45.5 cm³/mol. The minimum atomic E-state index is 0.0535. The van der Waals surface area contributed by atoms with Gasteiger partial charge in [-0.15, -0.1) is 0 Å². The van der Waals surface area contributed by atoms with Gasteiger partial charge in [0.1, 0.15) is 0 Å². The van der Waals surface area contributed by atoms with Gasteiger partial charge in [-0.2, -0.15) is 0 Å². The molecule has 1 unspecified atom stereocenters. The van der Waals surface area contributed by atoms with Crippen LogP contribution in [0.3, 0.4) is 0 Å². The zero-order valence-electron chi connectivity index (χ0n) is 7.18. The zero-order valence-corrected chi connectivity index (χ0v) is 7.18. The fourth-order valence-corrected chi connectivity index (χ4v) is 2.07. The number of nitrogens with one attached hydrogen (secondary N) is 1. The van der Waals surface area contributed by atoms with Crippen molar-refractivity contribution in [2.24, 2.45) is 5.92 Å². The zero-order chi connectivity index (χ0) is 8.60. The van der Waals surface area contributed by atoms with Crippen LogP contribution in [0.15, 0.2) is 0 Å². The van der Waals surface area contributed by atoms with Crippen LogP contribution in [0.1, 0.15) is 25.7 Å². The van der Waals surface area contributed by atoms with Crippen LogP contribution in [-0.2, 0) is 4.74 Å². The molecular weight excluding hydrogens is 154 g/mol. The average molecular weight is 169 g/mol. The molecule has 0 amide bonds.